The van der Waals surface area contributed by atoms with Gasteiger partial charge in [-0.1, -0.05) is 30.3 Å². The molecule has 1 fully saturated rings. The van der Waals surface area contributed by atoms with Crippen molar-refractivity contribution in [3.63, 3.8) is 0 Å². The number of fused-ring (bicyclic) bond motifs is 2. The van der Waals surface area contributed by atoms with Gasteiger partial charge in [-0.3, -0.25) is 9.59 Å². The minimum atomic E-state index is -0.725. The molecule has 2 amide bonds. The molecule has 1 N–H and O–H groups in total. The first kappa shape index (κ1) is 18.2. The van der Waals surface area contributed by atoms with E-state index >= 15 is 0 Å². The van der Waals surface area contributed by atoms with E-state index in [1.54, 1.807) is 23.1 Å². The maximum Gasteiger partial charge on any atom is 0.339 e. The van der Waals surface area contributed by atoms with Crippen LogP contribution in [-0.4, -0.2) is 35.8 Å². The lowest BCUT2D eigenvalue weighted by Gasteiger charge is -2.39. The van der Waals surface area contributed by atoms with Crippen LogP contribution in [0.1, 0.15) is 41.3 Å². The van der Waals surface area contributed by atoms with Gasteiger partial charge in [-0.2, -0.15) is 0 Å². The van der Waals surface area contributed by atoms with Crippen LogP contribution in [0.5, 0.6) is 0 Å². The maximum atomic E-state index is 12.9. The van der Waals surface area contributed by atoms with E-state index in [0.29, 0.717) is 24.3 Å². The molecule has 1 atom stereocenters. The lowest BCUT2D eigenvalue weighted by Crippen LogP contribution is -2.49. The molecule has 2 aromatic rings. The summed E-state index contributed by atoms with van der Waals surface area (Å²) in [6.07, 6.45) is 1.78. The highest BCUT2D eigenvalue weighted by Gasteiger charge is 2.48. The molecule has 4 rings (SSSR count). The number of anilines is 1. The van der Waals surface area contributed by atoms with Gasteiger partial charge in [0.15, 0.2) is 5.60 Å². The molecule has 0 radical (unpaired) electrons. The molecule has 0 saturated carbocycles. The zero-order valence-electron chi connectivity index (χ0n) is 15.7. The molecule has 0 unspecified atom stereocenters. The van der Waals surface area contributed by atoms with E-state index in [1.807, 2.05) is 30.3 Å². The molecule has 0 bridgehead atoms. The Hall–Kier alpha value is -3.15. The number of amides is 2. The van der Waals surface area contributed by atoms with E-state index in [2.05, 4.69) is 5.32 Å². The predicted octanol–water partition coefficient (Wildman–Crippen LogP) is 2.88. The van der Waals surface area contributed by atoms with Gasteiger partial charge in [-0.05, 0) is 36.6 Å². The second kappa shape index (κ2) is 7.11. The number of piperidine rings is 1. The first-order valence-corrected chi connectivity index (χ1v) is 9.44. The van der Waals surface area contributed by atoms with Crippen molar-refractivity contribution < 1.29 is 19.1 Å². The zero-order valence-corrected chi connectivity index (χ0v) is 15.7. The van der Waals surface area contributed by atoms with Crippen molar-refractivity contribution in [1.82, 2.24) is 4.90 Å². The minimum absolute atomic E-state index is 0.00628. The van der Waals surface area contributed by atoms with E-state index < -0.39 is 5.60 Å². The predicted molar refractivity (Wildman–Crippen MR) is 104 cm³/mol. The van der Waals surface area contributed by atoms with Crippen molar-refractivity contribution in [3.05, 3.63) is 65.2 Å². The van der Waals surface area contributed by atoms with Gasteiger partial charge in [0, 0.05) is 24.7 Å². The fraction of sp³-hybridized carbons (Fsp3) is 0.318. The van der Waals surface area contributed by atoms with Crippen molar-refractivity contribution in [1.29, 1.82) is 0 Å². The Morgan fingerprint density at radius 1 is 1.14 bits per heavy atom. The Labute approximate surface area is 163 Å². The van der Waals surface area contributed by atoms with E-state index in [1.165, 1.54) is 6.92 Å². The van der Waals surface area contributed by atoms with Gasteiger partial charge in [-0.25, -0.2) is 4.79 Å². The van der Waals surface area contributed by atoms with Gasteiger partial charge in [-0.15, -0.1) is 0 Å². The Morgan fingerprint density at radius 2 is 1.89 bits per heavy atom. The molecule has 0 aromatic heterocycles. The fourth-order valence-corrected chi connectivity index (χ4v) is 4.08. The third kappa shape index (κ3) is 3.38. The SMILES string of the molecule is CC(=O)Nc1ccc(CC(=O)N2CCC[C@]3(C2)OC(=O)c2ccccc23)cc1. The lowest BCUT2D eigenvalue weighted by atomic mass is 9.85. The number of nitrogens with zero attached hydrogens (tertiary/aromatic N) is 1. The van der Waals surface area contributed by atoms with Gasteiger partial charge >= 0.3 is 5.97 Å². The van der Waals surface area contributed by atoms with Crippen LogP contribution < -0.4 is 5.32 Å². The third-order valence-electron chi connectivity index (χ3n) is 5.36. The van der Waals surface area contributed by atoms with Crippen LogP contribution >= 0.6 is 0 Å². The number of hydrogen-bond donors (Lipinski definition) is 1. The van der Waals surface area contributed by atoms with Gasteiger partial charge in [0.1, 0.15) is 0 Å². The van der Waals surface area contributed by atoms with Gasteiger partial charge in [0.25, 0.3) is 0 Å². The Bertz CT molecular complexity index is 938. The first-order chi connectivity index (χ1) is 13.5. The summed E-state index contributed by atoms with van der Waals surface area (Å²) in [5, 5.41) is 2.71. The summed E-state index contributed by atoms with van der Waals surface area (Å²) in [6.45, 7) is 2.50. The first-order valence-electron chi connectivity index (χ1n) is 9.44. The van der Waals surface area contributed by atoms with Crippen LogP contribution in [0.2, 0.25) is 0 Å². The average molecular weight is 378 g/mol. The number of likely N-dealkylation sites (tertiary alicyclic amines) is 1. The van der Waals surface area contributed by atoms with E-state index in [9.17, 15) is 14.4 Å². The van der Waals surface area contributed by atoms with Crippen molar-refractivity contribution >= 4 is 23.5 Å². The molecule has 0 aliphatic carbocycles. The van der Waals surface area contributed by atoms with Crippen molar-refractivity contribution in [2.45, 2.75) is 31.8 Å². The molecule has 2 aliphatic rings. The number of benzene rings is 2. The van der Waals surface area contributed by atoms with Gasteiger partial charge in [0.2, 0.25) is 11.8 Å². The molecule has 28 heavy (non-hydrogen) atoms. The molecule has 2 aliphatic heterocycles. The Morgan fingerprint density at radius 3 is 2.64 bits per heavy atom. The molecular weight excluding hydrogens is 356 g/mol. The summed E-state index contributed by atoms with van der Waals surface area (Å²) in [7, 11) is 0. The molecule has 2 aromatic carbocycles. The van der Waals surface area contributed by atoms with Crippen LogP contribution in [-0.2, 0) is 26.3 Å². The standard InChI is InChI=1S/C22H22N2O4/c1-15(25)23-17-9-7-16(8-10-17)13-20(26)24-12-4-11-22(14-24)19-6-3-2-5-18(19)21(27)28-22/h2-3,5-10H,4,11-14H2,1H3,(H,23,25)/t22-/m1/s1. The molecule has 1 saturated heterocycles. The van der Waals surface area contributed by atoms with E-state index in [4.69, 9.17) is 4.74 Å². The normalized spacial score (nSPS) is 20.6. The van der Waals surface area contributed by atoms with E-state index in [0.717, 1.165) is 24.0 Å². The zero-order chi connectivity index (χ0) is 19.7. The number of carbonyl (C=O) groups excluding carboxylic acids is 3. The number of ether oxygens (including phenoxy) is 1. The van der Waals surface area contributed by atoms with Crippen LogP contribution in [0.3, 0.4) is 0 Å². The quantitative estimate of drug-likeness (QED) is 0.834. The minimum Gasteiger partial charge on any atom is -0.449 e. The van der Waals surface area contributed by atoms with Crippen LogP contribution in [0.4, 0.5) is 5.69 Å². The van der Waals surface area contributed by atoms with Crippen LogP contribution in [0, 0.1) is 0 Å². The second-order valence-corrected chi connectivity index (χ2v) is 7.40. The second-order valence-electron chi connectivity index (χ2n) is 7.40. The molecule has 1 spiro atoms. The number of carbonyl (C=O) groups is 3. The highest BCUT2D eigenvalue weighted by atomic mass is 16.6. The Kier molecular flexibility index (Phi) is 4.63. The van der Waals surface area contributed by atoms with Gasteiger partial charge < -0.3 is 15.0 Å². The summed E-state index contributed by atoms with van der Waals surface area (Å²) in [4.78, 5) is 38.0. The summed E-state index contributed by atoms with van der Waals surface area (Å²) < 4.78 is 5.77. The smallest absolute Gasteiger partial charge is 0.339 e. The van der Waals surface area contributed by atoms with E-state index in [-0.39, 0.29) is 24.2 Å². The summed E-state index contributed by atoms with van der Waals surface area (Å²) in [5.41, 5.74) is 2.34. The Balaban J connectivity index is 1.47. The van der Waals surface area contributed by atoms with Gasteiger partial charge in [0.05, 0.1) is 18.5 Å². The van der Waals surface area contributed by atoms with Crippen molar-refractivity contribution in [2.24, 2.45) is 0 Å². The molecule has 144 valence electrons. The highest BCUT2D eigenvalue weighted by molar-refractivity contribution is 5.95. The number of hydrogen-bond acceptors (Lipinski definition) is 4. The fourth-order valence-electron chi connectivity index (χ4n) is 4.08. The summed E-state index contributed by atoms with van der Waals surface area (Å²) >= 11 is 0. The van der Waals surface area contributed by atoms with Crippen LogP contribution in [0.25, 0.3) is 0 Å². The maximum absolute atomic E-state index is 12.9. The largest absolute Gasteiger partial charge is 0.449 e. The molecular formula is C22H22N2O4. The van der Waals surface area contributed by atoms with Crippen LogP contribution in [0.15, 0.2) is 48.5 Å². The molecule has 6 nitrogen and oxygen atoms in total. The topological polar surface area (TPSA) is 75.7 Å². The van der Waals surface area contributed by atoms with Crippen molar-refractivity contribution in [2.75, 3.05) is 18.4 Å². The average Bonchev–Trinajstić information content (AvgIpc) is 2.95. The number of nitrogens with one attached hydrogen (secondary N) is 1. The third-order valence-corrected chi connectivity index (χ3v) is 5.36. The number of rotatable bonds is 3. The molecule has 6 heteroatoms. The van der Waals surface area contributed by atoms with Crippen molar-refractivity contribution in [3.8, 4) is 0 Å². The summed E-state index contributed by atoms with van der Waals surface area (Å²) in [5.74, 6) is -0.431. The lowest BCUT2D eigenvalue weighted by molar-refractivity contribution is -0.138. The number of esters is 1. The monoisotopic (exact) mass is 378 g/mol. The summed E-state index contributed by atoms with van der Waals surface area (Å²) in [6, 6.07) is 14.7. The molecule has 2 heterocycles. The highest BCUT2D eigenvalue weighted by Crippen LogP contribution is 2.42.